The van der Waals surface area contributed by atoms with E-state index in [4.69, 9.17) is 39.5 Å². The van der Waals surface area contributed by atoms with Crippen LogP contribution in [-0.2, 0) is 26.2 Å². The fraction of sp³-hybridized carbons (Fsp3) is 0.286. The van der Waals surface area contributed by atoms with Gasteiger partial charge in [0, 0.05) is 18.6 Å². The van der Waals surface area contributed by atoms with Gasteiger partial charge in [-0.05, 0) is 79.6 Å². The second kappa shape index (κ2) is 14.1. The van der Waals surface area contributed by atoms with Crippen LogP contribution in [0.1, 0.15) is 25.8 Å². The number of nitrogens with one attached hydrogen (secondary N) is 1. The van der Waals surface area contributed by atoms with Crippen LogP contribution in [0.5, 0.6) is 5.75 Å². The molecule has 0 bridgehead atoms. The highest BCUT2D eigenvalue weighted by molar-refractivity contribution is 7.92. The van der Waals surface area contributed by atoms with Crippen LogP contribution in [0.4, 0.5) is 5.69 Å². The Morgan fingerprint density at radius 2 is 1.57 bits per heavy atom. The molecule has 0 fully saturated rings. The number of carbonyl (C=O) groups is 2. The molecule has 3 aromatic rings. The summed E-state index contributed by atoms with van der Waals surface area (Å²) in [6, 6.07) is 16.1. The van der Waals surface area contributed by atoms with Crippen molar-refractivity contribution in [2.45, 2.75) is 37.8 Å². The summed E-state index contributed by atoms with van der Waals surface area (Å²) in [6.45, 7) is 3.46. The van der Waals surface area contributed by atoms with Crippen molar-refractivity contribution in [3.8, 4) is 5.75 Å². The summed E-state index contributed by atoms with van der Waals surface area (Å²) in [7, 11) is -2.74. The smallest absolute Gasteiger partial charge is 0.264 e. The minimum atomic E-state index is -4.22. The maximum atomic E-state index is 13.9. The van der Waals surface area contributed by atoms with Gasteiger partial charge in [0.05, 0.1) is 27.2 Å². The zero-order valence-electron chi connectivity index (χ0n) is 22.2. The molecular formula is C28H30Cl3N3O5S. The van der Waals surface area contributed by atoms with Crippen LogP contribution in [0.3, 0.4) is 0 Å². The first kappa shape index (κ1) is 31.5. The third kappa shape index (κ3) is 7.60. The van der Waals surface area contributed by atoms with Crippen LogP contribution in [0.2, 0.25) is 15.1 Å². The molecular weight excluding hydrogens is 597 g/mol. The lowest BCUT2D eigenvalue weighted by Gasteiger charge is -2.33. The van der Waals surface area contributed by atoms with E-state index in [0.29, 0.717) is 39.4 Å². The largest absolute Gasteiger partial charge is 0.494 e. The van der Waals surface area contributed by atoms with Gasteiger partial charge in [-0.3, -0.25) is 13.9 Å². The third-order valence-corrected chi connectivity index (χ3v) is 8.86. The van der Waals surface area contributed by atoms with Gasteiger partial charge in [-0.25, -0.2) is 8.42 Å². The van der Waals surface area contributed by atoms with E-state index in [-0.39, 0.29) is 23.0 Å². The molecule has 0 heterocycles. The van der Waals surface area contributed by atoms with E-state index >= 15 is 0 Å². The standard InChI is InChI=1S/C28H30Cl3N3O5S/c1-4-26(28(36)32-3)33(17-19-6-15-24(30)25(31)16-19)27(35)18-34(21-9-11-22(12-10-21)39-5-2)40(37,38)23-13-7-20(29)8-14-23/h6-16,26H,4-5,17-18H2,1-3H3,(H,32,36). The summed E-state index contributed by atoms with van der Waals surface area (Å²) in [5.41, 5.74) is 0.868. The van der Waals surface area contributed by atoms with Crippen molar-refractivity contribution in [1.82, 2.24) is 10.2 Å². The Labute approximate surface area is 249 Å². The SMILES string of the molecule is CCOc1ccc(N(CC(=O)N(Cc2ccc(Cl)c(Cl)c2)C(CC)C(=O)NC)S(=O)(=O)c2ccc(Cl)cc2)cc1. The number of carbonyl (C=O) groups excluding carboxylic acids is 2. The van der Waals surface area contributed by atoms with Crippen LogP contribution in [0.15, 0.2) is 71.6 Å². The highest BCUT2D eigenvalue weighted by atomic mass is 35.5. The molecule has 0 spiro atoms. The monoisotopic (exact) mass is 625 g/mol. The van der Waals surface area contributed by atoms with E-state index in [2.05, 4.69) is 5.32 Å². The lowest BCUT2D eigenvalue weighted by atomic mass is 10.1. The number of benzene rings is 3. The Balaban J connectivity index is 2.06. The fourth-order valence-electron chi connectivity index (χ4n) is 4.06. The highest BCUT2D eigenvalue weighted by Crippen LogP contribution is 2.28. The number of amides is 2. The second-order valence-corrected chi connectivity index (χ2v) is 11.8. The van der Waals surface area contributed by atoms with E-state index in [0.717, 1.165) is 4.31 Å². The lowest BCUT2D eigenvalue weighted by Crippen LogP contribution is -2.51. The Kier molecular flexibility index (Phi) is 11.1. The zero-order valence-corrected chi connectivity index (χ0v) is 25.3. The molecule has 0 aromatic heterocycles. The minimum Gasteiger partial charge on any atom is -0.494 e. The maximum absolute atomic E-state index is 13.9. The zero-order chi connectivity index (χ0) is 29.4. The summed E-state index contributed by atoms with van der Waals surface area (Å²) < 4.78 is 34.2. The van der Waals surface area contributed by atoms with Crippen molar-refractivity contribution in [3.05, 3.63) is 87.4 Å². The van der Waals surface area contributed by atoms with E-state index < -0.39 is 28.5 Å². The van der Waals surface area contributed by atoms with Crippen molar-refractivity contribution in [2.24, 2.45) is 0 Å². The van der Waals surface area contributed by atoms with Gasteiger partial charge in [-0.1, -0.05) is 47.8 Å². The first-order valence-corrected chi connectivity index (χ1v) is 15.0. The molecule has 0 aliphatic carbocycles. The molecule has 1 N–H and O–H groups in total. The highest BCUT2D eigenvalue weighted by Gasteiger charge is 2.33. The summed E-state index contributed by atoms with van der Waals surface area (Å²) in [5.74, 6) is -0.426. The molecule has 0 saturated carbocycles. The van der Waals surface area contributed by atoms with Crippen molar-refractivity contribution in [1.29, 1.82) is 0 Å². The van der Waals surface area contributed by atoms with E-state index in [9.17, 15) is 18.0 Å². The predicted octanol–water partition coefficient (Wildman–Crippen LogP) is 5.79. The number of likely N-dealkylation sites (N-methyl/N-ethyl adjacent to an activating group) is 1. The summed E-state index contributed by atoms with van der Waals surface area (Å²) >= 11 is 18.2. The number of ether oxygens (including phenoxy) is 1. The number of sulfonamides is 1. The molecule has 3 aromatic carbocycles. The van der Waals surface area contributed by atoms with Crippen LogP contribution >= 0.6 is 34.8 Å². The molecule has 0 aliphatic heterocycles. The Morgan fingerprint density at radius 3 is 2.12 bits per heavy atom. The van der Waals surface area contributed by atoms with Gasteiger partial charge in [0.25, 0.3) is 10.0 Å². The summed E-state index contributed by atoms with van der Waals surface area (Å²) in [6.07, 6.45) is 0.291. The number of halogens is 3. The number of anilines is 1. The van der Waals surface area contributed by atoms with Gasteiger partial charge < -0.3 is 15.0 Å². The van der Waals surface area contributed by atoms with E-state index in [1.54, 1.807) is 49.4 Å². The molecule has 12 heteroatoms. The molecule has 3 rings (SSSR count). The van der Waals surface area contributed by atoms with Crippen molar-refractivity contribution >= 4 is 62.3 Å². The third-order valence-electron chi connectivity index (χ3n) is 6.09. The van der Waals surface area contributed by atoms with Crippen molar-refractivity contribution in [2.75, 3.05) is 24.5 Å². The van der Waals surface area contributed by atoms with Crippen LogP contribution in [0.25, 0.3) is 0 Å². The molecule has 0 aliphatic rings. The van der Waals surface area contributed by atoms with Gasteiger partial charge >= 0.3 is 0 Å². The van der Waals surface area contributed by atoms with Crippen LogP contribution in [0, 0.1) is 0 Å². The average Bonchev–Trinajstić information content (AvgIpc) is 2.94. The topological polar surface area (TPSA) is 96.0 Å². The summed E-state index contributed by atoms with van der Waals surface area (Å²) in [5, 5.41) is 3.59. The molecule has 214 valence electrons. The molecule has 1 atom stereocenters. The van der Waals surface area contributed by atoms with Gasteiger partial charge in [0.15, 0.2) is 0 Å². The normalized spacial score (nSPS) is 11.9. The maximum Gasteiger partial charge on any atom is 0.264 e. The summed E-state index contributed by atoms with van der Waals surface area (Å²) in [4.78, 5) is 28.0. The molecule has 0 radical (unpaired) electrons. The van der Waals surface area contributed by atoms with Crippen molar-refractivity contribution < 1.29 is 22.7 Å². The number of hydrogen-bond acceptors (Lipinski definition) is 5. The number of hydrogen-bond donors (Lipinski definition) is 1. The predicted molar refractivity (Wildman–Crippen MR) is 159 cm³/mol. The van der Waals surface area contributed by atoms with Crippen molar-refractivity contribution in [3.63, 3.8) is 0 Å². The van der Waals surface area contributed by atoms with E-state index in [1.807, 2.05) is 6.92 Å². The Bertz CT molecular complexity index is 1430. The first-order valence-electron chi connectivity index (χ1n) is 12.5. The lowest BCUT2D eigenvalue weighted by molar-refractivity contribution is -0.140. The minimum absolute atomic E-state index is 0.000239. The quantitative estimate of drug-likeness (QED) is 0.274. The second-order valence-electron chi connectivity index (χ2n) is 8.70. The van der Waals surface area contributed by atoms with E-state index in [1.165, 1.54) is 36.2 Å². The number of rotatable bonds is 12. The molecule has 40 heavy (non-hydrogen) atoms. The molecule has 2 amide bonds. The van der Waals surface area contributed by atoms with Gasteiger partial charge in [-0.2, -0.15) is 0 Å². The molecule has 0 saturated heterocycles. The Morgan fingerprint density at radius 1 is 0.925 bits per heavy atom. The van der Waals surface area contributed by atoms with Crippen LogP contribution in [-0.4, -0.2) is 51.4 Å². The average molecular weight is 627 g/mol. The number of nitrogens with zero attached hydrogens (tertiary/aromatic N) is 2. The van der Waals surface area contributed by atoms with Gasteiger partial charge in [0.1, 0.15) is 18.3 Å². The van der Waals surface area contributed by atoms with Gasteiger partial charge in [-0.15, -0.1) is 0 Å². The van der Waals surface area contributed by atoms with Gasteiger partial charge in [0.2, 0.25) is 11.8 Å². The Hall–Kier alpha value is -2.98. The molecule has 8 nitrogen and oxygen atoms in total. The van der Waals surface area contributed by atoms with Crippen LogP contribution < -0.4 is 14.4 Å². The fourth-order valence-corrected chi connectivity index (χ4v) is 5.92. The molecule has 1 unspecified atom stereocenters. The first-order chi connectivity index (χ1) is 19.0.